The molecule has 2 heterocycles. The van der Waals surface area contributed by atoms with Crippen LogP contribution in [0, 0.1) is 13.8 Å². The van der Waals surface area contributed by atoms with Crippen molar-refractivity contribution in [2.24, 2.45) is 0 Å². The molecule has 0 saturated carbocycles. The number of hydrogen-bond acceptors (Lipinski definition) is 2. The summed E-state index contributed by atoms with van der Waals surface area (Å²) in [5, 5.41) is 0. The van der Waals surface area contributed by atoms with Crippen molar-refractivity contribution in [2.45, 2.75) is 56.8 Å². The lowest BCUT2D eigenvalue weighted by Crippen LogP contribution is -2.27. The van der Waals surface area contributed by atoms with E-state index in [1.54, 1.807) is 11.1 Å². The molecule has 0 nitrogen and oxygen atoms in total. The summed E-state index contributed by atoms with van der Waals surface area (Å²) in [4.78, 5) is 5.66. The normalized spacial score (nSPS) is 20.2. The molecule has 0 aliphatic heterocycles. The number of aryl methyl sites for hydroxylation is 2. The highest BCUT2D eigenvalue weighted by molar-refractivity contribution is 7.16. The molecule has 6 aromatic carbocycles. The van der Waals surface area contributed by atoms with Gasteiger partial charge in [0.2, 0.25) is 0 Å². The van der Waals surface area contributed by atoms with Gasteiger partial charge in [-0.25, -0.2) is 0 Å². The molecule has 0 N–H and O–H groups in total. The number of allylic oxidation sites excluding steroid dienone is 2. The fraction of sp³-hybridized carbons (Fsp3) is 0.164. The fourth-order valence-electron chi connectivity index (χ4n) is 11.8. The van der Waals surface area contributed by atoms with E-state index in [4.69, 9.17) is 0 Å². The van der Waals surface area contributed by atoms with Crippen LogP contribution in [0.5, 0.6) is 0 Å². The Kier molecular flexibility index (Phi) is 6.84. The largest absolute Gasteiger partial charge is 0.140 e. The van der Waals surface area contributed by atoms with Gasteiger partial charge in [-0.15, -0.1) is 22.7 Å². The summed E-state index contributed by atoms with van der Waals surface area (Å²) in [6.07, 6.45) is 3.53. The average Bonchev–Trinajstić information content (AvgIpc) is 4.00. The van der Waals surface area contributed by atoms with E-state index >= 15 is 0 Å². The van der Waals surface area contributed by atoms with E-state index in [2.05, 4.69) is 159 Å². The molecule has 272 valence electrons. The van der Waals surface area contributed by atoms with E-state index in [-0.39, 0.29) is 0 Å². The summed E-state index contributed by atoms with van der Waals surface area (Å²) in [6, 6.07) is 56.5. The lowest BCUT2D eigenvalue weighted by Gasteiger charge is -2.42. The van der Waals surface area contributed by atoms with Gasteiger partial charge in [0.15, 0.2) is 0 Å². The molecule has 0 unspecified atom stereocenters. The molecule has 0 radical (unpaired) electrons. The molecule has 0 fully saturated rings. The maximum absolute atomic E-state index is 2.54. The second kappa shape index (κ2) is 12.0. The molecule has 0 atom stereocenters. The summed E-state index contributed by atoms with van der Waals surface area (Å²) >= 11 is 3.95. The third-order valence-corrected chi connectivity index (χ3v) is 16.4. The van der Waals surface area contributed by atoms with Gasteiger partial charge >= 0.3 is 0 Å². The monoisotopic (exact) mass is 764 g/mol. The molecule has 15 rings (SSSR count). The third-order valence-electron chi connectivity index (χ3n) is 14.2. The van der Waals surface area contributed by atoms with Gasteiger partial charge in [-0.05, 0) is 158 Å². The van der Waals surface area contributed by atoms with Crippen LogP contribution in [0.2, 0.25) is 0 Å². The standard InChI is InChI=1S/C55H40S2/c1-30-46(28-50(56-30)32-22-24-44-48(26-32)54-40-16-7-3-12-36(40)52(44)37-13-4-8-17-41(37)54)34-20-11-21-35(34)47-29-51(57-31(47)2)33-23-25-45-49(27-33)55-42-18-9-5-14-38(42)53(45)39-15-6-10-19-43(39)55/h3-10,12-19,22-29,52-55H,11,20-21H2,1-2H3. The van der Waals surface area contributed by atoms with Gasteiger partial charge in [-0.1, -0.05) is 121 Å². The lowest BCUT2D eigenvalue weighted by molar-refractivity contribution is 0.755. The molecule has 8 aromatic rings. The first-order valence-corrected chi connectivity index (χ1v) is 22.3. The molecule has 0 saturated heterocycles. The first-order chi connectivity index (χ1) is 28.1. The van der Waals surface area contributed by atoms with Crippen molar-refractivity contribution in [1.82, 2.24) is 0 Å². The van der Waals surface area contributed by atoms with Crippen LogP contribution < -0.4 is 0 Å². The van der Waals surface area contributed by atoms with Gasteiger partial charge in [-0.3, -0.25) is 0 Å². The number of rotatable bonds is 4. The van der Waals surface area contributed by atoms with E-state index in [1.165, 1.54) is 115 Å². The molecule has 7 aliphatic carbocycles. The third kappa shape index (κ3) is 4.49. The van der Waals surface area contributed by atoms with Crippen molar-refractivity contribution in [3.8, 4) is 20.9 Å². The molecule has 2 aromatic heterocycles. The minimum absolute atomic E-state index is 0.301. The van der Waals surface area contributed by atoms with Crippen LogP contribution in [0.25, 0.3) is 32.0 Å². The minimum Gasteiger partial charge on any atom is -0.140 e. The average molecular weight is 765 g/mol. The minimum atomic E-state index is 0.301. The van der Waals surface area contributed by atoms with Crippen molar-refractivity contribution in [3.05, 3.63) is 233 Å². The maximum Gasteiger partial charge on any atom is 0.0351 e. The molecule has 57 heavy (non-hydrogen) atoms. The number of thiophene rings is 2. The Labute approximate surface area is 342 Å². The summed E-state index contributed by atoms with van der Waals surface area (Å²) < 4.78 is 0. The van der Waals surface area contributed by atoms with E-state index in [0.29, 0.717) is 23.7 Å². The topological polar surface area (TPSA) is 0 Å². The zero-order chi connectivity index (χ0) is 37.5. The number of benzene rings is 6. The van der Waals surface area contributed by atoms with Crippen LogP contribution in [0.1, 0.15) is 131 Å². The van der Waals surface area contributed by atoms with Crippen molar-refractivity contribution in [2.75, 3.05) is 0 Å². The summed E-state index contributed by atoms with van der Waals surface area (Å²) in [5.74, 6) is 1.24. The zero-order valence-corrected chi connectivity index (χ0v) is 33.7. The van der Waals surface area contributed by atoms with Crippen molar-refractivity contribution < 1.29 is 0 Å². The van der Waals surface area contributed by atoms with E-state index in [0.717, 1.165) is 12.8 Å². The van der Waals surface area contributed by atoms with E-state index in [9.17, 15) is 0 Å². The first kappa shape index (κ1) is 32.5. The van der Waals surface area contributed by atoms with Crippen LogP contribution in [0.15, 0.2) is 146 Å². The Morgan fingerprint density at radius 3 is 0.982 bits per heavy atom. The quantitative estimate of drug-likeness (QED) is 0.167. The highest BCUT2D eigenvalue weighted by Crippen LogP contribution is 2.58. The van der Waals surface area contributed by atoms with Gasteiger partial charge in [-0.2, -0.15) is 0 Å². The summed E-state index contributed by atoms with van der Waals surface area (Å²) in [6.45, 7) is 4.70. The van der Waals surface area contributed by atoms with Gasteiger partial charge in [0, 0.05) is 43.2 Å². The number of hydrogen-bond donors (Lipinski definition) is 0. The van der Waals surface area contributed by atoms with Gasteiger partial charge in [0.1, 0.15) is 0 Å². The summed E-state index contributed by atoms with van der Waals surface area (Å²) in [5.41, 5.74) is 26.6. The van der Waals surface area contributed by atoms with Crippen LogP contribution in [0.3, 0.4) is 0 Å². The van der Waals surface area contributed by atoms with Gasteiger partial charge in [0.05, 0.1) is 0 Å². The SMILES string of the molecule is Cc1sc(-c2ccc3c(c2)C2c4ccccc4C3c3ccccc32)cc1C1=C(c2cc(-c3ccc4c(c3)C3c5ccccc5C4c4ccccc43)sc2C)CCC1. The first-order valence-electron chi connectivity index (χ1n) is 20.7. The zero-order valence-electron chi connectivity index (χ0n) is 32.1. The van der Waals surface area contributed by atoms with Gasteiger partial charge in [0.25, 0.3) is 0 Å². The van der Waals surface area contributed by atoms with Crippen LogP contribution in [-0.4, -0.2) is 0 Å². The predicted octanol–water partition coefficient (Wildman–Crippen LogP) is 14.8. The molecular formula is C55H40S2. The molecule has 0 amide bonds. The Bertz CT molecular complexity index is 2750. The smallest absolute Gasteiger partial charge is 0.0351 e. The highest BCUT2D eigenvalue weighted by Gasteiger charge is 2.42. The summed E-state index contributed by atoms with van der Waals surface area (Å²) in [7, 11) is 0. The molecule has 2 heteroatoms. The van der Waals surface area contributed by atoms with E-state index in [1.807, 2.05) is 22.7 Å². The predicted molar refractivity (Wildman–Crippen MR) is 239 cm³/mol. The molecular weight excluding hydrogens is 725 g/mol. The molecule has 0 spiro atoms. The second-order valence-corrected chi connectivity index (χ2v) is 19.4. The fourth-order valence-corrected chi connectivity index (χ4v) is 13.9. The van der Waals surface area contributed by atoms with Crippen molar-refractivity contribution >= 4 is 33.8 Å². The highest BCUT2D eigenvalue weighted by atomic mass is 32.1. The van der Waals surface area contributed by atoms with Crippen LogP contribution >= 0.6 is 22.7 Å². The van der Waals surface area contributed by atoms with Crippen LogP contribution in [0.4, 0.5) is 0 Å². The van der Waals surface area contributed by atoms with Crippen molar-refractivity contribution in [1.29, 1.82) is 0 Å². The Balaban J connectivity index is 0.862. The van der Waals surface area contributed by atoms with Crippen molar-refractivity contribution in [3.63, 3.8) is 0 Å². The Morgan fingerprint density at radius 1 is 0.351 bits per heavy atom. The van der Waals surface area contributed by atoms with Gasteiger partial charge < -0.3 is 0 Å². The Morgan fingerprint density at radius 2 is 0.649 bits per heavy atom. The van der Waals surface area contributed by atoms with E-state index < -0.39 is 0 Å². The van der Waals surface area contributed by atoms with Crippen LogP contribution in [-0.2, 0) is 0 Å². The molecule has 7 aliphatic rings. The molecule has 4 bridgehead atoms. The Hall–Kier alpha value is -5.54. The second-order valence-electron chi connectivity index (χ2n) is 16.9. The lowest BCUT2D eigenvalue weighted by atomic mass is 9.61. The maximum atomic E-state index is 2.54.